The number of rotatable bonds is 16. The highest BCUT2D eigenvalue weighted by Crippen LogP contribution is 2.19. The standard InChI is InChI=1S/C23H40NOS/c1-4-5-6-7-8-9-10-11-12-13-18-24(2,3)19-20-26-23-16-14-22(21-25)15-17-23/h14-17,21H,4-13,18-20H2,1-3H3/q+1. The molecule has 26 heavy (non-hydrogen) atoms. The summed E-state index contributed by atoms with van der Waals surface area (Å²) in [4.78, 5) is 11.9. The molecule has 0 saturated heterocycles. The first-order chi connectivity index (χ1) is 12.6. The Bertz CT molecular complexity index is 470. The highest BCUT2D eigenvalue weighted by Gasteiger charge is 2.14. The molecule has 0 aliphatic heterocycles. The topological polar surface area (TPSA) is 17.1 Å². The van der Waals surface area contributed by atoms with Gasteiger partial charge in [0.15, 0.2) is 0 Å². The van der Waals surface area contributed by atoms with Crippen LogP contribution in [-0.4, -0.2) is 43.7 Å². The van der Waals surface area contributed by atoms with Crippen molar-refractivity contribution in [3.05, 3.63) is 29.8 Å². The van der Waals surface area contributed by atoms with Crippen LogP contribution >= 0.6 is 11.8 Å². The minimum atomic E-state index is 0.756. The molecule has 0 N–H and O–H groups in total. The Morgan fingerprint density at radius 2 is 1.35 bits per heavy atom. The summed E-state index contributed by atoms with van der Waals surface area (Å²) < 4.78 is 1.11. The van der Waals surface area contributed by atoms with Gasteiger partial charge < -0.3 is 4.48 Å². The Kier molecular flexibility index (Phi) is 12.8. The molecule has 0 radical (unpaired) electrons. The van der Waals surface area contributed by atoms with E-state index in [0.29, 0.717) is 0 Å². The smallest absolute Gasteiger partial charge is 0.150 e. The van der Waals surface area contributed by atoms with Crippen LogP contribution < -0.4 is 0 Å². The summed E-state index contributed by atoms with van der Waals surface area (Å²) in [6, 6.07) is 7.91. The predicted molar refractivity (Wildman–Crippen MR) is 116 cm³/mol. The van der Waals surface area contributed by atoms with Crippen LogP contribution in [0.1, 0.15) is 81.5 Å². The number of aldehydes is 1. The normalized spacial score (nSPS) is 11.7. The molecule has 2 nitrogen and oxygen atoms in total. The average Bonchev–Trinajstić information content (AvgIpc) is 2.63. The fraction of sp³-hybridized carbons (Fsp3) is 0.696. The Morgan fingerprint density at radius 3 is 1.88 bits per heavy atom. The molecule has 0 heterocycles. The van der Waals surface area contributed by atoms with Gasteiger partial charge in [-0.25, -0.2) is 0 Å². The van der Waals surface area contributed by atoms with Gasteiger partial charge in [-0.3, -0.25) is 4.79 Å². The number of benzene rings is 1. The van der Waals surface area contributed by atoms with Crippen molar-refractivity contribution in [3.8, 4) is 0 Å². The van der Waals surface area contributed by atoms with Crippen molar-refractivity contribution in [2.24, 2.45) is 0 Å². The lowest BCUT2D eigenvalue weighted by atomic mass is 10.1. The van der Waals surface area contributed by atoms with Gasteiger partial charge in [-0.05, 0) is 25.0 Å². The summed E-state index contributed by atoms with van der Waals surface area (Å²) in [7, 11) is 4.70. The zero-order valence-electron chi connectivity index (χ0n) is 17.3. The molecule has 148 valence electrons. The average molecular weight is 379 g/mol. The molecule has 1 aromatic carbocycles. The van der Waals surface area contributed by atoms with E-state index < -0.39 is 0 Å². The lowest BCUT2D eigenvalue weighted by Gasteiger charge is -2.29. The summed E-state index contributed by atoms with van der Waals surface area (Å²) in [5.41, 5.74) is 0.756. The van der Waals surface area contributed by atoms with E-state index in [1.165, 1.54) is 82.2 Å². The largest absolute Gasteiger partial charge is 0.328 e. The van der Waals surface area contributed by atoms with Crippen molar-refractivity contribution in [1.29, 1.82) is 0 Å². The molecule has 0 unspecified atom stereocenters. The van der Waals surface area contributed by atoms with Crippen molar-refractivity contribution >= 4 is 18.0 Å². The SMILES string of the molecule is CCCCCCCCCCCC[N+](C)(C)CCSc1ccc(C=O)cc1. The van der Waals surface area contributed by atoms with Gasteiger partial charge >= 0.3 is 0 Å². The molecule has 0 aliphatic carbocycles. The van der Waals surface area contributed by atoms with Gasteiger partial charge in [0.1, 0.15) is 6.29 Å². The highest BCUT2D eigenvalue weighted by atomic mass is 32.2. The molecule has 0 atom stereocenters. The van der Waals surface area contributed by atoms with Gasteiger partial charge in [0.25, 0.3) is 0 Å². The van der Waals surface area contributed by atoms with Crippen molar-refractivity contribution in [2.45, 2.75) is 76.0 Å². The van der Waals surface area contributed by atoms with Crippen molar-refractivity contribution < 1.29 is 9.28 Å². The fourth-order valence-corrected chi connectivity index (χ4v) is 4.34. The summed E-state index contributed by atoms with van der Waals surface area (Å²) in [6.07, 6.45) is 15.0. The third-order valence-electron chi connectivity index (χ3n) is 5.10. The van der Waals surface area contributed by atoms with E-state index in [-0.39, 0.29) is 0 Å². The Hall–Kier alpha value is -0.800. The number of quaternary nitrogens is 1. The van der Waals surface area contributed by atoms with E-state index in [1.807, 2.05) is 23.9 Å². The molecular weight excluding hydrogens is 338 g/mol. The van der Waals surface area contributed by atoms with Crippen LogP contribution in [0.25, 0.3) is 0 Å². The van der Waals surface area contributed by atoms with Gasteiger partial charge in [0.05, 0.1) is 27.2 Å². The maximum atomic E-state index is 10.7. The van der Waals surface area contributed by atoms with Gasteiger partial charge in [-0.1, -0.05) is 70.4 Å². The minimum Gasteiger partial charge on any atom is -0.328 e. The minimum absolute atomic E-state index is 0.756. The number of nitrogens with zero attached hydrogens (tertiary/aromatic N) is 1. The molecule has 0 amide bonds. The van der Waals surface area contributed by atoms with Crippen LogP contribution in [0, 0.1) is 0 Å². The molecule has 0 saturated carbocycles. The maximum absolute atomic E-state index is 10.7. The molecular formula is C23H40NOS+. The second-order valence-corrected chi connectivity index (χ2v) is 9.27. The van der Waals surface area contributed by atoms with Crippen molar-refractivity contribution in [1.82, 2.24) is 0 Å². The number of hydrogen-bond acceptors (Lipinski definition) is 2. The monoisotopic (exact) mass is 378 g/mol. The molecule has 0 bridgehead atoms. The number of hydrogen-bond donors (Lipinski definition) is 0. The zero-order valence-corrected chi connectivity index (χ0v) is 18.2. The molecule has 0 fully saturated rings. The first-order valence-electron chi connectivity index (χ1n) is 10.6. The summed E-state index contributed by atoms with van der Waals surface area (Å²) >= 11 is 1.89. The summed E-state index contributed by atoms with van der Waals surface area (Å²) in [6.45, 7) is 4.75. The third-order valence-corrected chi connectivity index (χ3v) is 6.09. The molecule has 1 aromatic rings. The van der Waals surface area contributed by atoms with Crippen LogP contribution in [0.3, 0.4) is 0 Å². The quantitative estimate of drug-likeness (QED) is 0.140. The molecule has 3 heteroatoms. The van der Waals surface area contributed by atoms with Crippen LogP contribution in [0.2, 0.25) is 0 Å². The van der Waals surface area contributed by atoms with E-state index in [4.69, 9.17) is 0 Å². The molecule has 1 rings (SSSR count). The first kappa shape index (κ1) is 23.2. The Balaban J connectivity index is 2.02. The summed E-state index contributed by atoms with van der Waals surface area (Å²) in [5, 5.41) is 0. The molecule has 0 aliphatic rings. The van der Waals surface area contributed by atoms with Crippen LogP contribution in [0.5, 0.6) is 0 Å². The van der Waals surface area contributed by atoms with Crippen molar-refractivity contribution in [3.63, 3.8) is 0 Å². The Morgan fingerprint density at radius 1 is 0.808 bits per heavy atom. The van der Waals surface area contributed by atoms with Crippen molar-refractivity contribution in [2.75, 3.05) is 32.9 Å². The van der Waals surface area contributed by atoms with Gasteiger partial charge in [0, 0.05) is 16.2 Å². The predicted octanol–water partition coefficient (Wildman–Crippen LogP) is 6.59. The van der Waals surface area contributed by atoms with E-state index in [9.17, 15) is 4.79 Å². The highest BCUT2D eigenvalue weighted by molar-refractivity contribution is 7.99. The van der Waals surface area contributed by atoms with Gasteiger partial charge in [-0.2, -0.15) is 0 Å². The van der Waals surface area contributed by atoms with Gasteiger partial charge in [-0.15, -0.1) is 11.8 Å². The second kappa shape index (κ2) is 14.3. The third kappa shape index (κ3) is 11.7. The van der Waals surface area contributed by atoms with E-state index in [0.717, 1.165) is 22.1 Å². The maximum Gasteiger partial charge on any atom is 0.150 e. The van der Waals surface area contributed by atoms with Gasteiger partial charge in [0.2, 0.25) is 0 Å². The van der Waals surface area contributed by atoms with Crippen LogP contribution in [0.15, 0.2) is 29.2 Å². The van der Waals surface area contributed by atoms with Crippen LogP contribution in [0.4, 0.5) is 0 Å². The summed E-state index contributed by atoms with van der Waals surface area (Å²) in [5.74, 6) is 1.13. The van der Waals surface area contributed by atoms with Crippen LogP contribution in [-0.2, 0) is 0 Å². The lowest BCUT2D eigenvalue weighted by molar-refractivity contribution is -0.888. The zero-order chi connectivity index (χ0) is 19.1. The Labute approximate surface area is 166 Å². The number of carbonyl (C=O) groups is 1. The second-order valence-electron chi connectivity index (χ2n) is 8.10. The number of carbonyl (C=O) groups excluding carboxylic acids is 1. The first-order valence-corrected chi connectivity index (χ1v) is 11.6. The molecule has 0 spiro atoms. The fourth-order valence-electron chi connectivity index (χ4n) is 3.19. The van der Waals surface area contributed by atoms with E-state index >= 15 is 0 Å². The van der Waals surface area contributed by atoms with E-state index in [1.54, 1.807) is 0 Å². The number of unbranched alkanes of at least 4 members (excludes halogenated alkanes) is 9. The number of thioether (sulfide) groups is 1. The van der Waals surface area contributed by atoms with E-state index in [2.05, 4.69) is 33.2 Å². The molecule has 0 aromatic heterocycles. The lowest BCUT2D eigenvalue weighted by Crippen LogP contribution is -2.42.